The zero-order chi connectivity index (χ0) is 26.0. The molecule has 0 spiro atoms. The second-order valence-electron chi connectivity index (χ2n) is 7.83. The number of pyridine rings is 1. The van der Waals surface area contributed by atoms with Crippen LogP contribution in [0.1, 0.15) is 25.6 Å². The van der Waals surface area contributed by atoms with Crippen molar-refractivity contribution < 1.29 is 17.9 Å². The summed E-state index contributed by atoms with van der Waals surface area (Å²) in [6, 6.07) is 3.33. The smallest absolute Gasteiger partial charge is 0.243 e. The molecule has 4 rings (SSSR count). The van der Waals surface area contributed by atoms with E-state index in [1.54, 1.807) is 43.9 Å². The van der Waals surface area contributed by atoms with Gasteiger partial charge in [-0.3, -0.25) is 14.0 Å². The van der Waals surface area contributed by atoms with Gasteiger partial charge in [0, 0.05) is 43.8 Å². The van der Waals surface area contributed by atoms with E-state index in [1.807, 2.05) is 0 Å². The van der Waals surface area contributed by atoms with E-state index in [0.29, 0.717) is 28.0 Å². The maximum absolute atomic E-state index is 13.5. The van der Waals surface area contributed by atoms with E-state index >= 15 is 0 Å². The predicted octanol–water partition coefficient (Wildman–Crippen LogP) is 2.46. The summed E-state index contributed by atoms with van der Waals surface area (Å²) in [7, 11) is 0.648. The lowest BCUT2D eigenvalue weighted by molar-refractivity contribution is 0.379. The summed E-state index contributed by atoms with van der Waals surface area (Å²) in [5, 5.41) is 12.1. The minimum absolute atomic E-state index is 0.101. The zero-order valence-corrected chi connectivity index (χ0v) is 21.7. The summed E-state index contributed by atoms with van der Waals surface area (Å²) in [4.78, 5) is 12.6. The largest absolute Gasteiger partial charge is 0.494 e. The summed E-state index contributed by atoms with van der Waals surface area (Å²) in [6.45, 7) is 3.26. The molecule has 0 aliphatic carbocycles. The second-order valence-corrected chi connectivity index (χ2v) is 10.3. The lowest BCUT2D eigenvalue weighted by Crippen LogP contribution is -2.31. The maximum Gasteiger partial charge on any atom is 0.243 e. The van der Waals surface area contributed by atoms with Crippen LogP contribution < -0.4 is 14.2 Å². The first-order valence-electron chi connectivity index (χ1n) is 10.7. The van der Waals surface area contributed by atoms with Gasteiger partial charge in [-0.1, -0.05) is 18.5 Å². The van der Waals surface area contributed by atoms with Gasteiger partial charge in [-0.15, -0.1) is 10.2 Å². The number of halogens is 1. The van der Waals surface area contributed by atoms with Crippen molar-refractivity contribution in [3.8, 4) is 28.8 Å². The minimum atomic E-state index is -4.02. The van der Waals surface area contributed by atoms with Crippen LogP contribution in [-0.2, 0) is 17.1 Å². The number of nitrogens with one attached hydrogen (secondary N) is 1. The third kappa shape index (κ3) is 4.81. The van der Waals surface area contributed by atoms with Gasteiger partial charge in [0.25, 0.3) is 0 Å². The number of hydrogen-bond donors (Lipinski definition) is 1. The van der Waals surface area contributed by atoms with Gasteiger partial charge >= 0.3 is 0 Å². The lowest BCUT2D eigenvalue weighted by atomic mass is 10.1. The number of anilines is 1. The highest BCUT2D eigenvalue weighted by Crippen LogP contribution is 2.36. The van der Waals surface area contributed by atoms with Crippen LogP contribution in [0.4, 0.5) is 5.95 Å². The minimum Gasteiger partial charge on any atom is -0.494 e. The summed E-state index contributed by atoms with van der Waals surface area (Å²) < 4.78 is 43.5. The Morgan fingerprint density at radius 3 is 2.39 bits per heavy atom. The molecule has 15 heteroatoms. The van der Waals surface area contributed by atoms with Crippen molar-refractivity contribution in [1.82, 2.24) is 39.5 Å². The topological polar surface area (TPSA) is 152 Å². The first-order valence-corrected chi connectivity index (χ1v) is 12.6. The van der Waals surface area contributed by atoms with Crippen molar-refractivity contribution in [1.29, 1.82) is 0 Å². The fourth-order valence-electron chi connectivity index (χ4n) is 3.46. The highest BCUT2D eigenvalue weighted by atomic mass is 35.5. The van der Waals surface area contributed by atoms with Gasteiger partial charge in [0.15, 0.2) is 11.5 Å². The quantitative estimate of drug-likeness (QED) is 0.339. The Morgan fingerprint density at radius 2 is 1.78 bits per heavy atom. The van der Waals surface area contributed by atoms with Crippen molar-refractivity contribution >= 4 is 27.6 Å². The number of nitrogens with zero attached hydrogens (tertiary/aromatic N) is 8. The normalized spacial score (nSPS) is 13.3. The van der Waals surface area contributed by atoms with E-state index in [1.165, 1.54) is 37.4 Å². The van der Waals surface area contributed by atoms with Crippen molar-refractivity contribution in [2.24, 2.45) is 7.05 Å². The van der Waals surface area contributed by atoms with Crippen LogP contribution in [-0.4, -0.2) is 67.4 Å². The third-order valence-corrected chi connectivity index (χ3v) is 7.62. The Morgan fingerprint density at radius 1 is 1.06 bits per heavy atom. The Labute approximate surface area is 212 Å². The van der Waals surface area contributed by atoms with Crippen molar-refractivity contribution in [2.45, 2.75) is 25.0 Å². The number of hydrogen-bond acceptors (Lipinski definition) is 10. The number of ether oxygens (including phenoxy) is 2. The van der Waals surface area contributed by atoms with Gasteiger partial charge in [-0.2, -0.15) is 5.10 Å². The van der Waals surface area contributed by atoms with E-state index < -0.39 is 21.2 Å². The molecule has 2 unspecified atom stereocenters. The molecule has 2 atom stereocenters. The Balaban J connectivity index is 1.81. The van der Waals surface area contributed by atoms with E-state index in [0.717, 1.165) is 0 Å². The van der Waals surface area contributed by atoms with E-state index in [4.69, 9.17) is 21.1 Å². The molecular weight excluding hydrogens is 510 g/mol. The summed E-state index contributed by atoms with van der Waals surface area (Å²) >= 11 is 5.87. The fourth-order valence-corrected chi connectivity index (χ4v) is 4.79. The summed E-state index contributed by atoms with van der Waals surface area (Å²) in [6.07, 6.45) is 6.07. The number of aromatic nitrogens is 8. The first-order chi connectivity index (χ1) is 17.2. The Kier molecular flexibility index (Phi) is 7.08. The van der Waals surface area contributed by atoms with E-state index in [-0.39, 0.29) is 17.7 Å². The number of sulfonamides is 1. The molecule has 0 radical (unpaired) electrons. The molecule has 0 saturated heterocycles. The van der Waals surface area contributed by atoms with E-state index in [9.17, 15) is 8.42 Å². The molecule has 1 N–H and O–H groups in total. The van der Waals surface area contributed by atoms with Gasteiger partial charge in [0.05, 0.1) is 24.5 Å². The number of rotatable bonds is 9. The maximum atomic E-state index is 13.5. The van der Waals surface area contributed by atoms with Crippen LogP contribution in [0.25, 0.3) is 17.2 Å². The van der Waals surface area contributed by atoms with Gasteiger partial charge in [-0.05, 0) is 13.0 Å². The molecule has 36 heavy (non-hydrogen) atoms. The Bertz CT molecular complexity index is 1450. The zero-order valence-electron chi connectivity index (χ0n) is 20.1. The molecule has 0 bridgehead atoms. The molecule has 0 fully saturated rings. The van der Waals surface area contributed by atoms with Crippen LogP contribution in [0.3, 0.4) is 0 Å². The monoisotopic (exact) mass is 533 g/mol. The molecular formula is C21H24ClN9O4S. The molecule has 0 aliphatic rings. The highest BCUT2D eigenvalue weighted by Gasteiger charge is 2.33. The van der Waals surface area contributed by atoms with E-state index in [2.05, 4.69) is 35.0 Å². The SMILES string of the molecule is COc1ccnc(OC)c1-n1c(NS(=O)(=O)C(C)C(C)c2ncc(Cl)cn2)nnc1-c1ccn(C)n1. The molecule has 4 aromatic heterocycles. The highest BCUT2D eigenvalue weighted by molar-refractivity contribution is 7.93. The third-order valence-electron chi connectivity index (χ3n) is 5.57. The summed E-state index contributed by atoms with van der Waals surface area (Å²) in [5.41, 5.74) is 0.743. The lowest BCUT2D eigenvalue weighted by Gasteiger charge is -2.21. The average molecular weight is 534 g/mol. The predicted molar refractivity (Wildman–Crippen MR) is 132 cm³/mol. The molecule has 0 amide bonds. The summed E-state index contributed by atoms with van der Waals surface area (Å²) in [5.74, 6) is 0.450. The van der Waals surface area contributed by atoms with Crippen LogP contribution in [0.5, 0.6) is 11.6 Å². The molecule has 0 aromatic carbocycles. The average Bonchev–Trinajstić information content (AvgIpc) is 3.48. The molecule has 0 saturated carbocycles. The van der Waals surface area contributed by atoms with Crippen molar-refractivity contribution in [2.75, 3.05) is 18.9 Å². The molecule has 4 aromatic rings. The van der Waals surface area contributed by atoms with Gasteiger partial charge in [0.2, 0.25) is 21.9 Å². The molecule has 13 nitrogen and oxygen atoms in total. The second kappa shape index (κ2) is 10.1. The van der Waals surface area contributed by atoms with Gasteiger partial charge < -0.3 is 9.47 Å². The van der Waals surface area contributed by atoms with Crippen LogP contribution >= 0.6 is 11.6 Å². The van der Waals surface area contributed by atoms with Crippen molar-refractivity contribution in [3.63, 3.8) is 0 Å². The number of aryl methyl sites for hydroxylation is 1. The standard InChI is InChI=1S/C21H24ClN9O4S/c1-12(18-24-10-14(22)11-25-18)13(2)36(32,33)29-21-27-26-19(15-7-9-30(3)28-15)31(21)17-16(34-4)6-8-23-20(17)35-5/h6-13H,1-5H3,(H,27,29). The Hall–Kier alpha value is -3.78. The molecule has 190 valence electrons. The number of methoxy groups -OCH3 is 2. The molecule has 4 heterocycles. The van der Waals surface area contributed by atoms with Crippen molar-refractivity contribution in [3.05, 3.63) is 47.8 Å². The first kappa shape index (κ1) is 25.3. The van der Waals surface area contributed by atoms with Gasteiger partial charge in [0.1, 0.15) is 17.3 Å². The molecule has 0 aliphatic heterocycles. The fraction of sp³-hybridized carbons (Fsp3) is 0.333. The van der Waals surface area contributed by atoms with Crippen LogP contribution in [0, 0.1) is 0 Å². The van der Waals surface area contributed by atoms with Gasteiger partial charge in [-0.25, -0.2) is 23.4 Å². The van der Waals surface area contributed by atoms with Crippen LogP contribution in [0.2, 0.25) is 5.02 Å². The van der Waals surface area contributed by atoms with Crippen LogP contribution in [0.15, 0.2) is 36.9 Å².